The summed E-state index contributed by atoms with van der Waals surface area (Å²) in [4.78, 5) is 0. The minimum Gasteiger partial charge on any atom is -0.0776 e. The van der Waals surface area contributed by atoms with E-state index in [4.69, 9.17) is 0 Å². The van der Waals surface area contributed by atoms with Crippen molar-refractivity contribution in [2.45, 2.75) is 286 Å². The molecule has 0 fully saturated rings. The van der Waals surface area contributed by atoms with Crippen LogP contribution in [0.25, 0.3) is 22.3 Å². The summed E-state index contributed by atoms with van der Waals surface area (Å²) in [6, 6.07) is 28.0. The average molecular weight is 888 g/mol. The SMILES string of the molecule is C.C.C.C.C.C.C.CC.CC.CC.CC.CC.CC.CC.CC.CC.CC.CC.CC(C)(C)C.CC(C)(C)C.CC(C)(C)c1c(-c2ccccc2)cccc1-c1ccccc1.[2HH].[B]. The Morgan fingerprint density at radius 2 is 0.403 bits per heavy atom. The molecule has 0 saturated heterocycles. The van der Waals surface area contributed by atoms with Crippen molar-refractivity contribution in [3.05, 3.63) is 84.4 Å². The van der Waals surface area contributed by atoms with E-state index >= 15 is 0 Å². The van der Waals surface area contributed by atoms with E-state index in [2.05, 4.69) is 155 Å². The molecule has 62 heavy (non-hydrogen) atoms. The first-order valence-electron chi connectivity index (χ1n) is 22.8. The van der Waals surface area contributed by atoms with Crippen LogP contribution in [0.4, 0.5) is 0 Å². The first-order valence-corrected chi connectivity index (χ1v) is 22.8. The van der Waals surface area contributed by atoms with E-state index in [0.717, 1.165) is 0 Å². The fourth-order valence-electron chi connectivity index (χ4n) is 3.08. The molecule has 0 saturated carbocycles. The molecule has 0 N–H and O–H groups in total. The first-order chi connectivity index (χ1) is 25.6. The molecule has 3 aromatic rings. The third-order valence-electron chi connectivity index (χ3n) is 3.98. The van der Waals surface area contributed by atoms with E-state index in [-0.39, 0.29) is 67.2 Å². The molecule has 389 valence electrons. The Morgan fingerprint density at radius 3 is 0.532 bits per heavy atom. The normalized spacial score (nSPS) is 7.05. The maximum absolute atomic E-state index is 2.29. The third kappa shape index (κ3) is 107. The predicted molar refractivity (Wildman–Crippen MR) is 326 cm³/mol. The topological polar surface area (TPSA) is 0 Å². The minimum atomic E-state index is 0. The quantitative estimate of drug-likeness (QED) is 0.225. The van der Waals surface area contributed by atoms with Gasteiger partial charge in [0.1, 0.15) is 0 Å². The molecule has 3 rings (SSSR count). The Morgan fingerprint density at radius 1 is 0.258 bits per heavy atom. The van der Waals surface area contributed by atoms with Crippen LogP contribution in [0.2, 0.25) is 0 Å². The van der Waals surface area contributed by atoms with E-state index in [0.29, 0.717) is 10.8 Å². The van der Waals surface area contributed by atoms with Crippen molar-refractivity contribution in [1.82, 2.24) is 0 Å². The smallest absolute Gasteiger partial charge is 0 e. The maximum Gasteiger partial charge on any atom is 0 e. The van der Waals surface area contributed by atoms with Crippen LogP contribution in [-0.4, -0.2) is 8.41 Å². The highest BCUT2D eigenvalue weighted by atomic mass is 14.3. The van der Waals surface area contributed by atoms with Crippen LogP contribution in [0.15, 0.2) is 78.9 Å². The predicted octanol–water partition coefficient (Wildman–Crippen LogP) is 26.0. The summed E-state index contributed by atoms with van der Waals surface area (Å²) in [7, 11) is 0. The highest BCUT2D eigenvalue weighted by Gasteiger charge is 2.23. The van der Waals surface area contributed by atoms with E-state index in [9.17, 15) is 0 Å². The van der Waals surface area contributed by atoms with Crippen LogP contribution >= 0.6 is 0 Å². The summed E-state index contributed by atoms with van der Waals surface area (Å²) in [5, 5.41) is 0. The lowest BCUT2D eigenvalue weighted by Gasteiger charge is -2.27. The largest absolute Gasteiger partial charge is 0.0776 e. The Kier molecular flexibility index (Phi) is 205. The Balaban J connectivity index is -0.0000000216. The lowest BCUT2D eigenvalue weighted by molar-refractivity contribution is 0.469. The van der Waals surface area contributed by atoms with Gasteiger partial charge in [0.15, 0.2) is 0 Å². The monoisotopic (exact) mass is 887 g/mol. The van der Waals surface area contributed by atoms with E-state index in [1.165, 1.54) is 27.8 Å². The Labute approximate surface area is 411 Å². The lowest BCUT2D eigenvalue weighted by atomic mass is 9.77. The summed E-state index contributed by atoms with van der Waals surface area (Å²) in [5.74, 6) is 0. The zero-order chi connectivity index (χ0) is 46.6. The average Bonchev–Trinajstić information content (AvgIpc) is 3.22. The van der Waals surface area contributed by atoms with Crippen LogP contribution in [0.3, 0.4) is 0 Å². The van der Waals surface area contributed by atoms with Crippen molar-refractivity contribution in [3.8, 4) is 22.3 Å². The van der Waals surface area contributed by atoms with E-state index in [1.54, 1.807) is 0 Å². The number of benzene rings is 3. The van der Waals surface area contributed by atoms with Crippen LogP contribution < -0.4 is 0 Å². The summed E-state index contributed by atoms with van der Waals surface area (Å²) in [5.41, 5.74) is 7.71. The second-order valence-electron chi connectivity index (χ2n) is 12.7. The first kappa shape index (κ1) is 124. The van der Waals surface area contributed by atoms with Gasteiger partial charge < -0.3 is 0 Å². The number of rotatable bonds is 2. The molecule has 0 bridgehead atoms. The van der Waals surface area contributed by atoms with Crippen molar-refractivity contribution in [2.24, 2.45) is 10.8 Å². The molecule has 0 unspecified atom stereocenters. The minimum absolute atomic E-state index is 0. The Bertz CT molecular complexity index is 845. The molecule has 3 aromatic carbocycles. The second kappa shape index (κ2) is 102. The van der Waals surface area contributed by atoms with Gasteiger partial charge in [-0.15, -0.1) is 0 Å². The fourth-order valence-corrected chi connectivity index (χ4v) is 3.08. The molecule has 0 aliphatic rings. The third-order valence-corrected chi connectivity index (χ3v) is 3.98. The molecule has 0 aliphatic heterocycles. The van der Waals surface area contributed by atoms with Gasteiger partial charge in [-0.3, -0.25) is 0 Å². The van der Waals surface area contributed by atoms with Gasteiger partial charge in [0.2, 0.25) is 0 Å². The number of hydrogen-bond acceptors (Lipinski definition) is 0. The van der Waals surface area contributed by atoms with Crippen molar-refractivity contribution >= 4 is 8.41 Å². The maximum atomic E-state index is 2.29. The van der Waals surface area contributed by atoms with Crippen molar-refractivity contribution in [2.75, 3.05) is 0 Å². The van der Waals surface area contributed by atoms with Gasteiger partial charge in [0.05, 0.1) is 0 Å². The van der Waals surface area contributed by atoms with Gasteiger partial charge in [-0.05, 0) is 44.1 Å². The van der Waals surface area contributed by atoms with Gasteiger partial charge in [0.25, 0.3) is 0 Å². The molecular formula is C61H142B. The molecule has 0 amide bonds. The molecule has 0 atom stereocenters. The van der Waals surface area contributed by atoms with Crippen LogP contribution in [0, 0.1) is 10.8 Å². The summed E-state index contributed by atoms with van der Waals surface area (Å²) < 4.78 is 0. The van der Waals surface area contributed by atoms with E-state index < -0.39 is 0 Å². The number of hydrogen-bond donors (Lipinski definition) is 0. The van der Waals surface area contributed by atoms with Gasteiger partial charge >= 0.3 is 0 Å². The van der Waals surface area contributed by atoms with Crippen molar-refractivity contribution in [1.29, 1.82) is 0 Å². The van der Waals surface area contributed by atoms with Gasteiger partial charge in [0, 0.05) is 9.84 Å². The summed E-state index contributed by atoms with van der Waals surface area (Å²) in [6.07, 6.45) is 0. The van der Waals surface area contributed by atoms with Crippen LogP contribution in [0.5, 0.6) is 0 Å². The highest BCUT2D eigenvalue weighted by Crippen LogP contribution is 2.40. The van der Waals surface area contributed by atoms with E-state index in [1.807, 2.05) is 152 Å². The highest BCUT2D eigenvalue weighted by molar-refractivity contribution is 5.80. The standard InChI is InChI=1S/C22H22.2C5H12.11C2H6.7CH4.B.H2/c1-22(2,3)21-19(17-11-6-4-7-12-17)15-10-16-20(21)18-13-8-5-9-14-18;2*1-5(2,3)4;11*1-2;;;;;;;;;/h4-16H,1-3H3;2*1-4H3;11*1-2H3;7*1H4;;1H/i;;;;;;;;;;;;;;;;;;;;;;1+1. The van der Waals surface area contributed by atoms with Crippen molar-refractivity contribution < 1.29 is 1.43 Å². The van der Waals surface area contributed by atoms with Gasteiger partial charge in [-0.1, -0.05) is 359 Å². The zero-order valence-electron chi connectivity index (χ0n) is 45.1. The molecule has 0 aromatic heterocycles. The molecular weight excluding hydrogens is 743 g/mol. The van der Waals surface area contributed by atoms with Crippen LogP contribution in [0.1, 0.15) is 287 Å². The zero-order valence-corrected chi connectivity index (χ0v) is 45.1. The van der Waals surface area contributed by atoms with Gasteiger partial charge in [-0.2, -0.15) is 0 Å². The molecule has 1 heteroatoms. The molecule has 3 radical (unpaired) electrons. The fraction of sp³-hybridized carbons (Fsp3) is 0.705. The molecule has 0 spiro atoms. The summed E-state index contributed by atoms with van der Waals surface area (Å²) >= 11 is 0. The second-order valence-corrected chi connectivity index (χ2v) is 12.7. The molecule has 0 heterocycles. The van der Waals surface area contributed by atoms with Gasteiger partial charge in [-0.25, -0.2) is 0 Å². The molecule has 0 aliphatic carbocycles. The molecule has 0 nitrogen and oxygen atoms in total. The Hall–Kier alpha value is -2.28. The lowest BCUT2D eigenvalue weighted by Crippen LogP contribution is -2.14. The summed E-state index contributed by atoms with van der Waals surface area (Å²) in [6.45, 7) is 68.4. The van der Waals surface area contributed by atoms with Crippen LogP contribution in [-0.2, 0) is 5.41 Å². The van der Waals surface area contributed by atoms with Crippen molar-refractivity contribution in [3.63, 3.8) is 0 Å².